The van der Waals surface area contributed by atoms with Crippen LogP contribution in [0.3, 0.4) is 0 Å². The normalized spacial score (nSPS) is 12.2. The average Bonchev–Trinajstić information content (AvgIpc) is 3.58. The standard InChI is InChI=1S/C28H31N5O4S/c1-5-28(3,4)29-26(35)25(23-12-9-17-38-23)33(20-15-13-19(14-16-20)27(36)37-6-2)24(34)18-32-22-11-8-7-10-21(22)30-31-32/h7-17,25H,5-6,18H2,1-4H3,(H,29,35)/t25-/m0/s1. The summed E-state index contributed by atoms with van der Waals surface area (Å²) in [6.07, 6.45) is 0.711. The number of fused-ring (bicyclic) bond motifs is 1. The molecule has 0 aliphatic carbocycles. The molecule has 0 fully saturated rings. The van der Waals surface area contributed by atoms with Gasteiger partial charge < -0.3 is 10.1 Å². The van der Waals surface area contributed by atoms with Crippen LogP contribution in [0.5, 0.6) is 0 Å². The molecule has 2 amide bonds. The van der Waals surface area contributed by atoms with Crippen molar-refractivity contribution in [2.24, 2.45) is 0 Å². The number of nitrogens with zero attached hydrogens (tertiary/aromatic N) is 4. The molecular weight excluding hydrogens is 502 g/mol. The maximum Gasteiger partial charge on any atom is 0.338 e. The minimum atomic E-state index is -0.934. The number of anilines is 1. The van der Waals surface area contributed by atoms with Gasteiger partial charge in [-0.25, -0.2) is 9.48 Å². The van der Waals surface area contributed by atoms with Gasteiger partial charge in [0.05, 0.1) is 17.7 Å². The SMILES string of the molecule is CCOC(=O)c1ccc(N(C(=O)Cn2nnc3ccccc32)[C@H](C(=O)NC(C)(C)CC)c2cccs2)cc1. The van der Waals surface area contributed by atoms with Gasteiger partial charge in [-0.2, -0.15) is 0 Å². The lowest BCUT2D eigenvalue weighted by molar-refractivity contribution is -0.128. The molecule has 0 aliphatic heterocycles. The Bertz CT molecular complexity index is 1410. The van der Waals surface area contributed by atoms with Gasteiger partial charge in [-0.15, -0.1) is 16.4 Å². The number of ether oxygens (including phenoxy) is 1. The lowest BCUT2D eigenvalue weighted by atomic mass is 10.0. The Morgan fingerprint density at radius 1 is 1.05 bits per heavy atom. The van der Waals surface area contributed by atoms with Crippen LogP contribution in [0.1, 0.15) is 55.4 Å². The van der Waals surface area contributed by atoms with Gasteiger partial charge in [0.25, 0.3) is 0 Å². The van der Waals surface area contributed by atoms with E-state index in [1.54, 1.807) is 31.2 Å². The smallest absolute Gasteiger partial charge is 0.338 e. The van der Waals surface area contributed by atoms with E-state index in [9.17, 15) is 14.4 Å². The first-order valence-corrected chi connectivity index (χ1v) is 13.3. The summed E-state index contributed by atoms with van der Waals surface area (Å²) in [5.74, 6) is -1.11. The van der Waals surface area contributed by atoms with E-state index in [0.717, 1.165) is 0 Å². The number of esters is 1. The fraction of sp³-hybridized carbons (Fsp3) is 0.321. The molecule has 4 aromatic rings. The van der Waals surface area contributed by atoms with Crippen molar-refractivity contribution in [2.75, 3.05) is 11.5 Å². The van der Waals surface area contributed by atoms with E-state index >= 15 is 0 Å². The molecule has 1 N–H and O–H groups in total. The van der Waals surface area contributed by atoms with Crippen molar-refractivity contribution in [2.45, 2.75) is 52.2 Å². The van der Waals surface area contributed by atoms with Crippen molar-refractivity contribution in [3.63, 3.8) is 0 Å². The Hall–Kier alpha value is -4.05. The Balaban J connectivity index is 1.77. The topological polar surface area (TPSA) is 106 Å². The van der Waals surface area contributed by atoms with E-state index in [2.05, 4.69) is 15.6 Å². The lowest BCUT2D eigenvalue weighted by Gasteiger charge is -2.34. The molecule has 1 atom stereocenters. The highest BCUT2D eigenvalue weighted by atomic mass is 32.1. The predicted octanol–water partition coefficient (Wildman–Crippen LogP) is 4.75. The maximum atomic E-state index is 14.0. The second-order valence-corrected chi connectivity index (χ2v) is 10.4. The van der Waals surface area contributed by atoms with E-state index < -0.39 is 17.6 Å². The van der Waals surface area contributed by atoms with Crippen molar-refractivity contribution in [3.05, 3.63) is 76.5 Å². The minimum Gasteiger partial charge on any atom is -0.462 e. The number of para-hydroxylation sites is 1. The van der Waals surface area contributed by atoms with Crippen molar-refractivity contribution in [3.8, 4) is 0 Å². The van der Waals surface area contributed by atoms with Crippen LogP contribution in [-0.2, 0) is 20.9 Å². The molecule has 0 radical (unpaired) electrons. The van der Waals surface area contributed by atoms with Crippen LogP contribution < -0.4 is 10.2 Å². The number of hydrogen-bond donors (Lipinski definition) is 1. The summed E-state index contributed by atoms with van der Waals surface area (Å²) in [6, 6.07) is 16.6. The van der Waals surface area contributed by atoms with Gasteiger partial charge in [-0.05, 0) is 75.0 Å². The van der Waals surface area contributed by atoms with Crippen molar-refractivity contribution in [1.29, 1.82) is 0 Å². The summed E-state index contributed by atoms with van der Waals surface area (Å²) in [5, 5.41) is 13.3. The highest BCUT2D eigenvalue weighted by Gasteiger charge is 2.36. The van der Waals surface area contributed by atoms with Crippen LogP contribution in [0.25, 0.3) is 11.0 Å². The molecule has 0 saturated carbocycles. The molecule has 0 spiro atoms. The molecule has 10 heteroatoms. The Morgan fingerprint density at radius 3 is 2.45 bits per heavy atom. The second-order valence-electron chi connectivity index (χ2n) is 9.41. The number of hydrogen-bond acceptors (Lipinski definition) is 7. The molecule has 0 aliphatic rings. The van der Waals surface area contributed by atoms with Gasteiger partial charge in [0, 0.05) is 16.1 Å². The summed E-state index contributed by atoms with van der Waals surface area (Å²) in [7, 11) is 0. The van der Waals surface area contributed by atoms with Crippen LogP contribution in [-0.4, -0.2) is 44.9 Å². The third-order valence-corrected chi connectivity index (χ3v) is 7.22. The van der Waals surface area contributed by atoms with E-state index in [4.69, 9.17) is 4.74 Å². The third-order valence-electron chi connectivity index (χ3n) is 6.30. The summed E-state index contributed by atoms with van der Waals surface area (Å²) in [5.41, 5.74) is 1.73. The second kappa shape index (κ2) is 11.6. The molecule has 9 nitrogen and oxygen atoms in total. The molecule has 4 rings (SSSR count). The summed E-state index contributed by atoms with van der Waals surface area (Å²) in [6.45, 7) is 7.74. The van der Waals surface area contributed by atoms with E-state index in [-0.39, 0.29) is 25.0 Å². The molecule has 2 aromatic carbocycles. The van der Waals surface area contributed by atoms with Gasteiger partial charge in [0.1, 0.15) is 18.1 Å². The first-order valence-electron chi connectivity index (χ1n) is 12.5. The number of rotatable bonds is 10. The number of aromatic nitrogens is 3. The van der Waals surface area contributed by atoms with Gasteiger partial charge in [-0.1, -0.05) is 30.3 Å². The summed E-state index contributed by atoms with van der Waals surface area (Å²) in [4.78, 5) is 42.2. The van der Waals surface area contributed by atoms with Crippen LogP contribution >= 0.6 is 11.3 Å². The van der Waals surface area contributed by atoms with E-state index in [1.165, 1.54) is 20.9 Å². The zero-order valence-corrected chi connectivity index (χ0v) is 22.7. The van der Waals surface area contributed by atoms with Crippen molar-refractivity contribution < 1.29 is 19.1 Å². The maximum absolute atomic E-state index is 14.0. The van der Waals surface area contributed by atoms with Gasteiger partial charge in [0.2, 0.25) is 11.8 Å². The number of amides is 2. The van der Waals surface area contributed by atoms with E-state index in [0.29, 0.717) is 33.6 Å². The molecule has 198 valence electrons. The summed E-state index contributed by atoms with van der Waals surface area (Å²) < 4.78 is 6.62. The quantitative estimate of drug-likeness (QED) is 0.295. The number of benzene rings is 2. The molecule has 0 unspecified atom stereocenters. The Kier molecular flexibility index (Phi) is 8.21. The van der Waals surface area contributed by atoms with E-state index in [1.807, 2.05) is 62.5 Å². The van der Waals surface area contributed by atoms with Crippen molar-refractivity contribution in [1.82, 2.24) is 20.3 Å². The monoisotopic (exact) mass is 533 g/mol. The van der Waals surface area contributed by atoms with Gasteiger partial charge >= 0.3 is 5.97 Å². The fourth-order valence-electron chi connectivity index (χ4n) is 3.96. The van der Waals surface area contributed by atoms with Crippen LogP contribution in [0.2, 0.25) is 0 Å². The highest BCUT2D eigenvalue weighted by Crippen LogP contribution is 2.32. The Labute approximate surface area is 225 Å². The van der Waals surface area contributed by atoms with Crippen molar-refractivity contribution >= 4 is 45.8 Å². The molecule has 0 bridgehead atoms. The lowest BCUT2D eigenvalue weighted by Crippen LogP contribution is -2.50. The fourth-order valence-corrected chi connectivity index (χ4v) is 4.77. The Morgan fingerprint density at radius 2 is 1.79 bits per heavy atom. The average molecular weight is 534 g/mol. The number of thiophene rings is 1. The third kappa shape index (κ3) is 5.91. The van der Waals surface area contributed by atoms with Gasteiger partial charge in [-0.3, -0.25) is 14.5 Å². The molecule has 0 saturated heterocycles. The zero-order valence-electron chi connectivity index (χ0n) is 21.9. The van der Waals surface area contributed by atoms with Gasteiger partial charge in [0.15, 0.2) is 0 Å². The number of nitrogens with one attached hydrogen (secondary N) is 1. The molecule has 38 heavy (non-hydrogen) atoms. The van der Waals surface area contributed by atoms with Crippen LogP contribution in [0, 0.1) is 0 Å². The first-order chi connectivity index (χ1) is 18.2. The summed E-state index contributed by atoms with van der Waals surface area (Å²) >= 11 is 1.39. The van der Waals surface area contributed by atoms with Crippen LogP contribution in [0.4, 0.5) is 5.69 Å². The highest BCUT2D eigenvalue weighted by molar-refractivity contribution is 7.10. The molecular formula is C28H31N5O4S. The number of carbonyl (C=O) groups excluding carboxylic acids is 3. The largest absolute Gasteiger partial charge is 0.462 e. The zero-order chi connectivity index (χ0) is 27.3. The molecule has 2 aromatic heterocycles. The minimum absolute atomic E-state index is 0.132. The first kappa shape index (κ1) is 27.0. The predicted molar refractivity (Wildman–Crippen MR) is 147 cm³/mol. The van der Waals surface area contributed by atoms with Crippen LogP contribution in [0.15, 0.2) is 66.0 Å². The number of carbonyl (C=O) groups is 3. The molecule has 2 heterocycles.